The molecule has 0 fully saturated rings. The van der Waals surface area contributed by atoms with Crippen LogP contribution in [0.15, 0.2) is 29.5 Å². The number of anilines is 2. The zero-order valence-corrected chi connectivity index (χ0v) is 17.0. The number of guanidine groups is 1. The maximum atomic E-state index is 12.5. The van der Waals surface area contributed by atoms with Crippen molar-refractivity contribution in [1.82, 2.24) is 19.9 Å². The third-order valence-corrected chi connectivity index (χ3v) is 4.52. The molecule has 1 aliphatic rings. The van der Waals surface area contributed by atoms with Crippen molar-refractivity contribution in [3.63, 3.8) is 0 Å². The number of carbonyl (C=O) groups is 2. The minimum atomic E-state index is -4.56. The molecule has 1 atom stereocenters. The van der Waals surface area contributed by atoms with Gasteiger partial charge in [-0.2, -0.15) is 18.2 Å². The van der Waals surface area contributed by atoms with E-state index in [2.05, 4.69) is 30.0 Å². The van der Waals surface area contributed by atoms with Gasteiger partial charge in [-0.25, -0.2) is 9.98 Å². The first-order valence-electron chi connectivity index (χ1n) is 9.10. The third-order valence-electron chi connectivity index (χ3n) is 4.52. The van der Waals surface area contributed by atoms with Crippen molar-refractivity contribution in [3.8, 4) is 5.88 Å². The zero-order valence-electron chi connectivity index (χ0n) is 17.0. The lowest BCUT2D eigenvalue weighted by atomic mass is 9.91. The maximum Gasteiger partial charge on any atom is 0.422 e. The Balaban J connectivity index is 1.77. The molecule has 11 nitrogen and oxygen atoms in total. The van der Waals surface area contributed by atoms with Crippen LogP contribution in [0, 0.1) is 0 Å². The van der Waals surface area contributed by atoms with Crippen LogP contribution >= 0.6 is 0 Å². The molecule has 0 bridgehead atoms. The Bertz CT molecular complexity index is 1090. The molecule has 32 heavy (non-hydrogen) atoms. The van der Waals surface area contributed by atoms with E-state index in [1.165, 1.54) is 30.3 Å². The standard InChI is InChI=1S/C18H19F3N8O3/c1-17(6-12(30)29(2)16(23)28-17)10-5-9(3-4-24-10)26-15(31)13-14(22)27-11(7-25-13)32-8-18(19,20)21/h3-5,7H,6,8H2,1-2H3,(H2,22,27)(H2,23,28)(H,24,26,31). The zero-order chi connectivity index (χ0) is 23.7. The van der Waals surface area contributed by atoms with E-state index >= 15 is 0 Å². The topological polar surface area (TPSA) is 162 Å². The largest absolute Gasteiger partial charge is 0.467 e. The first kappa shape index (κ1) is 22.7. The molecule has 3 rings (SSSR count). The molecule has 1 unspecified atom stereocenters. The van der Waals surface area contributed by atoms with E-state index in [4.69, 9.17) is 11.5 Å². The molecule has 2 aromatic rings. The average molecular weight is 452 g/mol. The van der Waals surface area contributed by atoms with Gasteiger partial charge in [-0.3, -0.25) is 19.5 Å². The summed E-state index contributed by atoms with van der Waals surface area (Å²) >= 11 is 0. The molecule has 0 saturated carbocycles. The van der Waals surface area contributed by atoms with Crippen molar-refractivity contribution in [1.29, 1.82) is 0 Å². The van der Waals surface area contributed by atoms with Crippen molar-refractivity contribution in [2.24, 2.45) is 10.7 Å². The number of pyridine rings is 1. The number of nitrogens with zero attached hydrogens (tertiary/aromatic N) is 5. The number of ether oxygens (including phenoxy) is 1. The van der Waals surface area contributed by atoms with Gasteiger partial charge in [-0.05, 0) is 19.1 Å². The Morgan fingerprint density at radius 3 is 2.69 bits per heavy atom. The highest BCUT2D eigenvalue weighted by atomic mass is 19.4. The van der Waals surface area contributed by atoms with Gasteiger partial charge in [0, 0.05) is 18.9 Å². The summed E-state index contributed by atoms with van der Waals surface area (Å²) in [7, 11) is 1.51. The van der Waals surface area contributed by atoms with E-state index in [-0.39, 0.29) is 24.0 Å². The summed E-state index contributed by atoms with van der Waals surface area (Å²) in [6.45, 7) is 0.109. The second kappa shape index (κ2) is 8.28. The number of amides is 2. The smallest absolute Gasteiger partial charge is 0.422 e. The summed E-state index contributed by atoms with van der Waals surface area (Å²) in [5.41, 5.74) is 10.8. The molecule has 1 aliphatic heterocycles. The third kappa shape index (κ3) is 5.01. The van der Waals surface area contributed by atoms with Crippen molar-refractivity contribution in [3.05, 3.63) is 35.9 Å². The van der Waals surface area contributed by atoms with Gasteiger partial charge in [-0.1, -0.05) is 0 Å². The molecule has 0 aliphatic carbocycles. The van der Waals surface area contributed by atoms with Gasteiger partial charge >= 0.3 is 6.18 Å². The van der Waals surface area contributed by atoms with E-state index < -0.39 is 35.9 Å². The number of rotatable bonds is 5. The second-order valence-electron chi connectivity index (χ2n) is 7.10. The monoisotopic (exact) mass is 452 g/mol. The molecule has 14 heteroatoms. The first-order valence-corrected chi connectivity index (χ1v) is 9.10. The number of nitrogens with two attached hydrogens (primary N) is 2. The summed E-state index contributed by atoms with van der Waals surface area (Å²) in [6, 6.07) is 3.00. The van der Waals surface area contributed by atoms with Crippen LogP contribution in [-0.4, -0.2) is 57.5 Å². The minimum Gasteiger partial charge on any atom is -0.467 e. The Labute approximate surface area is 179 Å². The molecular formula is C18H19F3N8O3. The predicted octanol–water partition coefficient (Wildman–Crippen LogP) is 1.04. The van der Waals surface area contributed by atoms with Crippen molar-refractivity contribution < 1.29 is 27.5 Å². The fourth-order valence-corrected chi connectivity index (χ4v) is 2.84. The number of aromatic nitrogens is 3. The van der Waals surface area contributed by atoms with Gasteiger partial charge in [0.1, 0.15) is 5.54 Å². The SMILES string of the molecule is CN1C(=O)CC(C)(c2cc(NC(=O)c3ncc(OCC(F)(F)F)nc3N)ccn2)N=C1N. The minimum absolute atomic E-state index is 0.0202. The van der Waals surface area contributed by atoms with Crippen LogP contribution in [0.3, 0.4) is 0 Å². The number of aliphatic imine (C=N–C) groups is 1. The van der Waals surface area contributed by atoms with Gasteiger partial charge in [0.15, 0.2) is 24.1 Å². The highest BCUT2D eigenvalue weighted by Crippen LogP contribution is 2.32. The van der Waals surface area contributed by atoms with Crippen LogP contribution in [0.4, 0.5) is 24.7 Å². The number of nitrogens with one attached hydrogen (secondary N) is 1. The summed E-state index contributed by atoms with van der Waals surface area (Å²) in [4.78, 5) is 41.9. The molecule has 3 heterocycles. The number of carbonyl (C=O) groups excluding carboxylic acids is 2. The molecule has 0 radical (unpaired) electrons. The lowest BCUT2D eigenvalue weighted by Gasteiger charge is -2.32. The Hall–Kier alpha value is -3.97. The first-order chi connectivity index (χ1) is 14.9. The lowest BCUT2D eigenvalue weighted by molar-refractivity contribution is -0.154. The Morgan fingerprint density at radius 1 is 1.34 bits per heavy atom. The van der Waals surface area contributed by atoms with Crippen LogP contribution in [0.1, 0.15) is 29.5 Å². The molecule has 5 N–H and O–H groups in total. The molecule has 0 aromatic carbocycles. The quantitative estimate of drug-likeness (QED) is 0.606. The number of alkyl halides is 3. The summed E-state index contributed by atoms with van der Waals surface area (Å²) < 4.78 is 41.2. The number of halogens is 3. The molecular weight excluding hydrogens is 433 g/mol. The number of hydrogen-bond donors (Lipinski definition) is 3. The number of nitrogen functional groups attached to an aromatic ring is 1. The summed E-state index contributed by atoms with van der Waals surface area (Å²) in [5, 5.41) is 2.55. The van der Waals surface area contributed by atoms with E-state index in [1.807, 2.05) is 0 Å². The highest BCUT2D eigenvalue weighted by Gasteiger charge is 2.37. The second-order valence-corrected chi connectivity index (χ2v) is 7.10. The van der Waals surface area contributed by atoms with Gasteiger partial charge in [0.2, 0.25) is 11.8 Å². The van der Waals surface area contributed by atoms with Crippen LogP contribution in [0.2, 0.25) is 0 Å². The van der Waals surface area contributed by atoms with Crippen LogP contribution in [-0.2, 0) is 10.3 Å². The lowest BCUT2D eigenvalue weighted by Crippen LogP contribution is -2.47. The Morgan fingerprint density at radius 2 is 2.06 bits per heavy atom. The van der Waals surface area contributed by atoms with Gasteiger partial charge < -0.3 is 21.5 Å². The normalized spacial score (nSPS) is 18.8. The molecule has 2 aromatic heterocycles. The summed E-state index contributed by atoms with van der Waals surface area (Å²) in [6.07, 6.45) is -2.27. The fourth-order valence-electron chi connectivity index (χ4n) is 2.84. The van der Waals surface area contributed by atoms with Gasteiger partial charge in [-0.15, -0.1) is 0 Å². The fraction of sp³-hybridized carbons (Fsp3) is 0.333. The van der Waals surface area contributed by atoms with Crippen LogP contribution in [0.5, 0.6) is 5.88 Å². The van der Waals surface area contributed by atoms with Crippen molar-refractivity contribution in [2.45, 2.75) is 25.1 Å². The van der Waals surface area contributed by atoms with Gasteiger partial charge in [0.25, 0.3) is 5.91 Å². The highest BCUT2D eigenvalue weighted by molar-refractivity contribution is 6.05. The van der Waals surface area contributed by atoms with E-state index in [1.54, 1.807) is 6.92 Å². The van der Waals surface area contributed by atoms with Crippen LogP contribution < -0.4 is 21.5 Å². The van der Waals surface area contributed by atoms with Gasteiger partial charge in [0.05, 0.1) is 18.3 Å². The molecule has 0 saturated heterocycles. The molecule has 0 spiro atoms. The average Bonchev–Trinajstić information content (AvgIpc) is 2.70. The van der Waals surface area contributed by atoms with E-state index in [0.717, 1.165) is 6.20 Å². The van der Waals surface area contributed by atoms with Crippen LogP contribution in [0.25, 0.3) is 0 Å². The van der Waals surface area contributed by atoms with Crippen molar-refractivity contribution >= 4 is 29.3 Å². The van der Waals surface area contributed by atoms with Crippen molar-refractivity contribution in [2.75, 3.05) is 24.7 Å². The summed E-state index contributed by atoms with van der Waals surface area (Å²) in [5.74, 6) is -1.86. The van der Waals surface area contributed by atoms with E-state index in [9.17, 15) is 22.8 Å². The molecule has 2 amide bonds. The predicted molar refractivity (Wildman–Crippen MR) is 107 cm³/mol. The maximum absolute atomic E-state index is 12.5. The number of hydrogen-bond acceptors (Lipinski definition) is 9. The molecule has 170 valence electrons. The van der Waals surface area contributed by atoms with E-state index in [0.29, 0.717) is 11.4 Å². The Kier molecular flexibility index (Phi) is 5.88.